The fourth-order valence-electron chi connectivity index (χ4n) is 5.49. The van der Waals surface area contributed by atoms with Gasteiger partial charge in [0.15, 0.2) is 0 Å². The molecule has 0 aliphatic heterocycles. The van der Waals surface area contributed by atoms with E-state index in [0.717, 1.165) is 17.8 Å². The summed E-state index contributed by atoms with van der Waals surface area (Å²) in [5.41, 5.74) is 3.90. The van der Waals surface area contributed by atoms with Gasteiger partial charge in [0.1, 0.15) is 0 Å². The van der Waals surface area contributed by atoms with Crippen LogP contribution in [0.25, 0.3) is 0 Å². The molecule has 1 saturated carbocycles. The lowest BCUT2D eigenvalue weighted by atomic mass is 9.55. The third-order valence-electron chi connectivity index (χ3n) is 6.38. The van der Waals surface area contributed by atoms with E-state index >= 15 is 0 Å². The van der Waals surface area contributed by atoms with Gasteiger partial charge in [-0.05, 0) is 75.9 Å². The number of allylic oxidation sites excluding steroid dienone is 2. The minimum absolute atomic E-state index is 0.550. The molecule has 0 aromatic rings. The van der Waals surface area contributed by atoms with Gasteiger partial charge < -0.3 is 0 Å². The molecule has 3 aliphatic carbocycles. The van der Waals surface area contributed by atoms with Crippen LogP contribution in [-0.4, -0.2) is 11.0 Å². The number of hydrogen-bond donors (Lipinski definition) is 0. The molecule has 19 heavy (non-hydrogen) atoms. The van der Waals surface area contributed by atoms with Crippen LogP contribution in [0.15, 0.2) is 11.1 Å². The molecule has 3 unspecified atom stereocenters. The summed E-state index contributed by atoms with van der Waals surface area (Å²) < 4.78 is 0.550. The minimum atomic E-state index is 0.550. The van der Waals surface area contributed by atoms with E-state index < -0.39 is 0 Å². The lowest BCUT2D eigenvalue weighted by Crippen LogP contribution is -2.51. The van der Waals surface area contributed by atoms with Crippen molar-refractivity contribution in [2.45, 2.75) is 76.4 Å². The van der Waals surface area contributed by atoms with Gasteiger partial charge in [0, 0.05) is 4.75 Å². The van der Waals surface area contributed by atoms with Crippen LogP contribution in [0.3, 0.4) is 0 Å². The second-order valence-electron chi connectivity index (χ2n) is 7.13. The van der Waals surface area contributed by atoms with Crippen molar-refractivity contribution in [2.24, 2.45) is 17.8 Å². The summed E-state index contributed by atoms with van der Waals surface area (Å²) in [4.78, 5) is 0. The Morgan fingerprint density at radius 3 is 2.53 bits per heavy atom. The quantitative estimate of drug-likeness (QED) is 0.586. The summed E-state index contributed by atoms with van der Waals surface area (Å²) >= 11 is 2.19. The van der Waals surface area contributed by atoms with E-state index in [0.29, 0.717) is 4.75 Å². The van der Waals surface area contributed by atoms with E-state index in [1.165, 1.54) is 57.8 Å². The first-order chi connectivity index (χ1) is 9.22. The molecule has 4 atom stereocenters. The zero-order chi connectivity index (χ0) is 13.5. The second-order valence-corrected chi connectivity index (χ2v) is 8.42. The Morgan fingerprint density at radius 1 is 1.11 bits per heavy atom. The summed E-state index contributed by atoms with van der Waals surface area (Å²) in [6, 6.07) is 0. The Bertz CT molecular complexity index is 370. The van der Waals surface area contributed by atoms with E-state index in [2.05, 4.69) is 31.9 Å². The molecule has 0 aromatic heterocycles. The summed E-state index contributed by atoms with van der Waals surface area (Å²) in [5.74, 6) is 2.83. The highest BCUT2D eigenvalue weighted by Gasteiger charge is 2.52. The summed E-state index contributed by atoms with van der Waals surface area (Å²) in [5, 5.41) is 0. The van der Waals surface area contributed by atoms with Gasteiger partial charge in [-0.3, -0.25) is 0 Å². The van der Waals surface area contributed by atoms with Gasteiger partial charge in [0.2, 0.25) is 0 Å². The maximum absolute atomic E-state index is 2.60. The monoisotopic (exact) mass is 278 g/mol. The van der Waals surface area contributed by atoms with E-state index in [4.69, 9.17) is 0 Å². The van der Waals surface area contributed by atoms with Gasteiger partial charge in [-0.15, -0.1) is 0 Å². The Labute approximate surface area is 123 Å². The van der Waals surface area contributed by atoms with E-state index in [1.807, 2.05) is 11.1 Å². The molecule has 0 radical (unpaired) electrons. The molecule has 0 heterocycles. The average Bonchev–Trinajstić information content (AvgIpc) is 2.44. The van der Waals surface area contributed by atoms with Crippen LogP contribution in [0.1, 0.15) is 71.6 Å². The third-order valence-corrected chi connectivity index (χ3v) is 7.85. The molecular weight excluding hydrogens is 248 g/mol. The Balaban J connectivity index is 2.05. The number of rotatable bonds is 3. The average molecular weight is 279 g/mol. The fourth-order valence-corrected chi connectivity index (χ4v) is 6.62. The summed E-state index contributed by atoms with van der Waals surface area (Å²) in [7, 11) is 0. The van der Waals surface area contributed by atoms with Crippen molar-refractivity contribution in [3.05, 3.63) is 11.1 Å². The lowest BCUT2D eigenvalue weighted by molar-refractivity contribution is 0.138. The zero-order valence-corrected chi connectivity index (χ0v) is 13.8. The molecule has 0 N–H and O–H groups in total. The van der Waals surface area contributed by atoms with Gasteiger partial charge in [0.05, 0.1) is 0 Å². The first-order valence-corrected chi connectivity index (χ1v) is 9.71. The van der Waals surface area contributed by atoms with Crippen molar-refractivity contribution in [1.82, 2.24) is 0 Å². The van der Waals surface area contributed by atoms with Crippen molar-refractivity contribution in [2.75, 3.05) is 6.26 Å². The van der Waals surface area contributed by atoms with Gasteiger partial charge in [0.25, 0.3) is 0 Å². The lowest BCUT2D eigenvalue weighted by Gasteiger charge is -2.56. The molecular formula is C18H30S. The van der Waals surface area contributed by atoms with Gasteiger partial charge in [-0.2, -0.15) is 11.8 Å². The largest absolute Gasteiger partial charge is 0.158 e. The van der Waals surface area contributed by atoms with Crippen molar-refractivity contribution in [1.29, 1.82) is 0 Å². The molecule has 1 heteroatoms. The molecule has 108 valence electrons. The highest BCUT2D eigenvalue weighted by Crippen LogP contribution is 2.60. The van der Waals surface area contributed by atoms with Crippen LogP contribution in [0.4, 0.5) is 0 Å². The topological polar surface area (TPSA) is 0 Å². The Kier molecular flexibility index (Phi) is 4.04. The molecule has 0 nitrogen and oxygen atoms in total. The summed E-state index contributed by atoms with van der Waals surface area (Å²) in [6.07, 6.45) is 15.5. The molecule has 2 bridgehead atoms. The number of thioether (sulfide) groups is 1. The highest BCUT2D eigenvalue weighted by molar-refractivity contribution is 8.00. The van der Waals surface area contributed by atoms with Crippen LogP contribution in [0, 0.1) is 17.8 Å². The van der Waals surface area contributed by atoms with Gasteiger partial charge in [-0.1, -0.05) is 30.9 Å². The maximum Gasteiger partial charge on any atom is 0.0228 e. The Morgan fingerprint density at radius 2 is 1.84 bits per heavy atom. The SMILES string of the molecule is CCCC1C2=C(CCCC2)C2CCCC1[C@]2(C)SC. The standard InChI is InChI=1S/C18H30S/c1-4-8-14-13-9-5-6-10-15(13)17-12-7-11-16(14)18(17,2)19-3/h14,16-17H,4-12H2,1-3H3/t14?,16?,17?,18-/m0/s1. The number of hydrogen-bond acceptors (Lipinski definition) is 1. The number of fused-ring (bicyclic) bond motifs is 3. The van der Waals surface area contributed by atoms with Crippen LogP contribution in [-0.2, 0) is 0 Å². The molecule has 0 saturated heterocycles. The van der Waals surface area contributed by atoms with E-state index in [9.17, 15) is 0 Å². The van der Waals surface area contributed by atoms with Crippen LogP contribution in [0.5, 0.6) is 0 Å². The van der Waals surface area contributed by atoms with Crippen molar-refractivity contribution in [3.63, 3.8) is 0 Å². The van der Waals surface area contributed by atoms with Crippen molar-refractivity contribution in [3.8, 4) is 0 Å². The van der Waals surface area contributed by atoms with Crippen LogP contribution < -0.4 is 0 Å². The molecule has 3 aliphatic rings. The predicted octanol–water partition coefficient (Wildman–Crippen LogP) is 5.82. The van der Waals surface area contributed by atoms with E-state index in [1.54, 1.807) is 0 Å². The first-order valence-electron chi connectivity index (χ1n) is 8.49. The van der Waals surface area contributed by atoms with Gasteiger partial charge in [-0.25, -0.2) is 0 Å². The predicted molar refractivity (Wildman–Crippen MR) is 86.6 cm³/mol. The smallest absolute Gasteiger partial charge is 0.0228 e. The molecule has 3 rings (SSSR count). The molecule has 0 amide bonds. The van der Waals surface area contributed by atoms with Crippen LogP contribution >= 0.6 is 11.8 Å². The van der Waals surface area contributed by atoms with Gasteiger partial charge >= 0.3 is 0 Å². The molecule has 0 aromatic carbocycles. The summed E-state index contributed by atoms with van der Waals surface area (Å²) in [6.45, 7) is 4.99. The fraction of sp³-hybridized carbons (Fsp3) is 0.889. The maximum atomic E-state index is 2.60. The second kappa shape index (κ2) is 5.47. The normalized spacial score (nSPS) is 42.2. The molecule has 1 fully saturated rings. The van der Waals surface area contributed by atoms with Crippen molar-refractivity contribution >= 4 is 11.8 Å². The van der Waals surface area contributed by atoms with Crippen LogP contribution in [0.2, 0.25) is 0 Å². The Hall–Kier alpha value is 0.0900. The highest BCUT2D eigenvalue weighted by atomic mass is 32.2. The van der Waals surface area contributed by atoms with Crippen molar-refractivity contribution < 1.29 is 0 Å². The van der Waals surface area contributed by atoms with E-state index in [-0.39, 0.29) is 0 Å². The molecule has 0 spiro atoms. The first kappa shape index (κ1) is 14.0. The zero-order valence-electron chi connectivity index (χ0n) is 13.0. The third kappa shape index (κ3) is 2.11. The minimum Gasteiger partial charge on any atom is -0.158 e.